The number of ether oxygens (including phenoxy) is 1. The molecule has 0 spiro atoms. The van der Waals surface area contributed by atoms with Crippen LogP contribution in [-0.2, 0) is 13.0 Å². The molecule has 2 rings (SSSR count). The monoisotopic (exact) mass is 486 g/mol. The van der Waals surface area contributed by atoms with Gasteiger partial charge < -0.3 is 15.4 Å². The molecule has 0 aliphatic carbocycles. The third kappa shape index (κ3) is 6.64. The maximum absolute atomic E-state index is 13.7. The molecule has 1 aromatic heterocycles. The van der Waals surface area contributed by atoms with Crippen molar-refractivity contribution in [1.82, 2.24) is 15.6 Å². The van der Waals surface area contributed by atoms with E-state index < -0.39 is 0 Å². The molecule has 0 amide bonds. The fourth-order valence-electron chi connectivity index (χ4n) is 2.74. The highest BCUT2D eigenvalue weighted by atomic mass is 127. The minimum Gasteiger partial charge on any atom is -0.496 e. The van der Waals surface area contributed by atoms with Gasteiger partial charge in [0.25, 0.3) is 0 Å². The summed E-state index contributed by atoms with van der Waals surface area (Å²) in [4.78, 5) is 9.05. The van der Waals surface area contributed by atoms with Crippen molar-refractivity contribution in [3.63, 3.8) is 0 Å². The predicted molar refractivity (Wildman–Crippen MR) is 119 cm³/mol. The van der Waals surface area contributed by atoms with Crippen LogP contribution in [0.15, 0.2) is 35.5 Å². The standard InChI is InChI=1S/C20H27FN4O.HI/c1-5-22-20(23-11-10-16-8-6-7-9-17(16)21)25-13-18-15(3)19(26-4)14(2)12-24-18;/h6-9,12H,5,10-11,13H2,1-4H3,(H2,22,23,25);1H. The Bertz CT molecular complexity index is 768. The van der Waals surface area contributed by atoms with Crippen molar-refractivity contribution in [3.8, 4) is 5.75 Å². The highest BCUT2D eigenvalue weighted by Gasteiger charge is 2.09. The molecule has 5 nitrogen and oxygen atoms in total. The molecule has 0 fully saturated rings. The SMILES string of the molecule is CCNC(=NCc1ncc(C)c(OC)c1C)NCCc1ccccc1F.I. The Morgan fingerprint density at radius 3 is 2.63 bits per heavy atom. The lowest BCUT2D eigenvalue weighted by molar-refractivity contribution is 0.407. The third-order valence-corrected chi connectivity index (χ3v) is 4.13. The van der Waals surface area contributed by atoms with Crippen LogP contribution in [0.25, 0.3) is 0 Å². The van der Waals surface area contributed by atoms with Crippen LogP contribution in [0.2, 0.25) is 0 Å². The number of guanidine groups is 1. The number of aromatic nitrogens is 1. The lowest BCUT2D eigenvalue weighted by atomic mass is 10.1. The van der Waals surface area contributed by atoms with E-state index in [4.69, 9.17) is 4.74 Å². The van der Waals surface area contributed by atoms with E-state index in [0.717, 1.165) is 29.1 Å². The second kappa shape index (κ2) is 11.7. The fourth-order valence-corrected chi connectivity index (χ4v) is 2.74. The summed E-state index contributed by atoms with van der Waals surface area (Å²) in [7, 11) is 1.66. The van der Waals surface area contributed by atoms with Gasteiger partial charge in [-0.05, 0) is 38.8 Å². The van der Waals surface area contributed by atoms with Crippen LogP contribution in [0.4, 0.5) is 4.39 Å². The molecule has 0 aliphatic heterocycles. The number of pyridine rings is 1. The molecule has 2 aromatic rings. The van der Waals surface area contributed by atoms with E-state index in [9.17, 15) is 4.39 Å². The van der Waals surface area contributed by atoms with E-state index in [1.165, 1.54) is 6.07 Å². The molecule has 0 saturated carbocycles. The maximum Gasteiger partial charge on any atom is 0.191 e. The number of hydrogen-bond acceptors (Lipinski definition) is 3. The van der Waals surface area contributed by atoms with Crippen LogP contribution in [0.1, 0.15) is 29.3 Å². The first-order valence-electron chi connectivity index (χ1n) is 8.81. The Balaban J connectivity index is 0.00000364. The molecule has 0 bridgehead atoms. The van der Waals surface area contributed by atoms with Gasteiger partial charge in [0.15, 0.2) is 5.96 Å². The Morgan fingerprint density at radius 1 is 1.22 bits per heavy atom. The van der Waals surface area contributed by atoms with Crippen LogP contribution >= 0.6 is 24.0 Å². The molecular weight excluding hydrogens is 458 g/mol. The van der Waals surface area contributed by atoms with Crippen molar-refractivity contribution in [2.24, 2.45) is 4.99 Å². The molecule has 0 saturated heterocycles. The first-order chi connectivity index (χ1) is 12.6. The van der Waals surface area contributed by atoms with Crippen LogP contribution in [-0.4, -0.2) is 31.1 Å². The van der Waals surface area contributed by atoms with Crippen molar-refractivity contribution in [2.75, 3.05) is 20.2 Å². The number of nitrogens with one attached hydrogen (secondary N) is 2. The van der Waals surface area contributed by atoms with E-state index in [0.29, 0.717) is 31.0 Å². The Labute approximate surface area is 177 Å². The molecule has 7 heteroatoms. The number of hydrogen-bond donors (Lipinski definition) is 2. The number of rotatable bonds is 7. The Morgan fingerprint density at radius 2 is 1.96 bits per heavy atom. The normalized spacial score (nSPS) is 10.9. The van der Waals surface area contributed by atoms with Crippen molar-refractivity contribution in [2.45, 2.75) is 33.7 Å². The van der Waals surface area contributed by atoms with E-state index in [1.54, 1.807) is 25.4 Å². The molecule has 1 aromatic carbocycles. The molecule has 27 heavy (non-hydrogen) atoms. The zero-order chi connectivity index (χ0) is 18.9. The van der Waals surface area contributed by atoms with E-state index in [-0.39, 0.29) is 29.8 Å². The molecule has 148 valence electrons. The Hall–Kier alpha value is -1.90. The zero-order valence-corrected chi connectivity index (χ0v) is 18.6. The predicted octanol–water partition coefficient (Wildman–Crippen LogP) is 3.76. The topological polar surface area (TPSA) is 58.5 Å². The lowest BCUT2D eigenvalue weighted by Gasteiger charge is -2.13. The van der Waals surface area contributed by atoms with Gasteiger partial charge in [0, 0.05) is 30.4 Å². The summed E-state index contributed by atoms with van der Waals surface area (Å²) in [6.07, 6.45) is 2.39. The van der Waals surface area contributed by atoms with Gasteiger partial charge >= 0.3 is 0 Å². The quantitative estimate of drug-likeness (QED) is 0.356. The van der Waals surface area contributed by atoms with Gasteiger partial charge in [-0.25, -0.2) is 9.38 Å². The number of aliphatic imine (C=N–C) groups is 1. The number of methoxy groups -OCH3 is 1. The van der Waals surface area contributed by atoms with Gasteiger partial charge in [-0.15, -0.1) is 24.0 Å². The van der Waals surface area contributed by atoms with Crippen LogP contribution in [0, 0.1) is 19.7 Å². The first kappa shape index (κ1) is 23.1. The van der Waals surface area contributed by atoms with Crippen molar-refractivity contribution in [3.05, 3.63) is 58.7 Å². The van der Waals surface area contributed by atoms with Gasteiger partial charge in [-0.1, -0.05) is 18.2 Å². The summed E-state index contributed by atoms with van der Waals surface area (Å²) in [5.74, 6) is 1.36. The van der Waals surface area contributed by atoms with Gasteiger partial charge in [0.2, 0.25) is 0 Å². The number of benzene rings is 1. The van der Waals surface area contributed by atoms with Crippen LogP contribution in [0.3, 0.4) is 0 Å². The summed E-state index contributed by atoms with van der Waals surface area (Å²) in [5.41, 5.74) is 3.57. The lowest BCUT2D eigenvalue weighted by Crippen LogP contribution is -2.38. The zero-order valence-electron chi connectivity index (χ0n) is 16.3. The van der Waals surface area contributed by atoms with E-state index in [1.807, 2.05) is 26.8 Å². The van der Waals surface area contributed by atoms with Gasteiger partial charge in [0.1, 0.15) is 11.6 Å². The average Bonchev–Trinajstić information content (AvgIpc) is 2.63. The second-order valence-electron chi connectivity index (χ2n) is 6.01. The molecule has 0 unspecified atom stereocenters. The smallest absolute Gasteiger partial charge is 0.191 e. The van der Waals surface area contributed by atoms with Crippen molar-refractivity contribution in [1.29, 1.82) is 0 Å². The molecule has 0 atom stereocenters. The highest BCUT2D eigenvalue weighted by Crippen LogP contribution is 2.24. The van der Waals surface area contributed by atoms with Crippen molar-refractivity contribution < 1.29 is 9.13 Å². The fraction of sp³-hybridized carbons (Fsp3) is 0.400. The highest BCUT2D eigenvalue weighted by molar-refractivity contribution is 14.0. The maximum atomic E-state index is 13.7. The van der Waals surface area contributed by atoms with Gasteiger partial charge in [0.05, 0.1) is 19.3 Å². The van der Waals surface area contributed by atoms with E-state index in [2.05, 4.69) is 20.6 Å². The van der Waals surface area contributed by atoms with Crippen LogP contribution < -0.4 is 15.4 Å². The summed E-state index contributed by atoms with van der Waals surface area (Å²) in [6, 6.07) is 6.82. The largest absolute Gasteiger partial charge is 0.496 e. The van der Waals surface area contributed by atoms with E-state index >= 15 is 0 Å². The summed E-state index contributed by atoms with van der Waals surface area (Å²) >= 11 is 0. The van der Waals surface area contributed by atoms with Crippen LogP contribution in [0.5, 0.6) is 5.75 Å². The molecular formula is C20H28FIN4O. The third-order valence-electron chi connectivity index (χ3n) is 4.13. The summed E-state index contributed by atoms with van der Waals surface area (Å²) in [6.45, 7) is 7.75. The number of nitrogens with zero attached hydrogens (tertiary/aromatic N) is 2. The molecule has 0 radical (unpaired) electrons. The Kier molecular flexibility index (Phi) is 10.1. The van der Waals surface area contributed by atoms with Gasteiger partial charge in [-0.3, -0.25) is 4.98 Å². The van der Waals surface area contributed by atoms with Gasteiger partial charge in [-0.2, -0.15) is 0 Å². The first-order valence-corrected chi connectivity index (χ1v) is 8.81. The minimum atomic E-state index is -0.178. The number of aryl methyl sites for hydroxylation is 1. The number of halogens is 2. The summed E-state index contributed by atoms with van der Waals surface area (Å²) < 4.78 is 19.1. The minimum absolute atomic E-state index is 0. The summed E-state index contributed by atoms with van der Waals surface area (Å²) in [5, 5.41) is 6.44. The average molecular weight is 486 g/mol. The second-order valence-corrected chi connectivity index (χ2v) is 6.01. The molecule has 2 N–H and O–H groups in total. The van der Waals surface area contributed by atoms with Crippen molar-refractivity contribution >= 4 is 29.9 Å². The molecule has 0 aliphatic rings. The molecule has 1 heterocycles.